The number of carbonyl (C=O) groups excluding carboxylic acids is 1. The quantitative estimate of drug-likeness (QED) is 0.705. The van der Waals surface area contributed by atoms with Gasteiger partial charge in [0.1, 0.15) is 0 Å². The Balaban J connectivity index is 3.05. The Kier molecular flexibility index (Phi) is 2.99. The van der Waals surface area contributed by atoms with E-state index in [0.29, 0.717) is 5.41 Å². The molecule has 1 amide bonds. The molecule has 1 N–H and O–H groups in total. The molecule has 0 unspecified atom stereocenters. The number of allylic oxidation sites excluding steroid dienone is 2. The fraction of sp³-hybridized carbons (Fsp3) is 0.769. The third-order valence-electron chi connectivity index (χ3n) is 3.07. The summed E-state index contributed by atoms with van der Waals surface area (Å²) in [4.78, 5) is 11.2. The lowest BCUT2D eigenvalue weighted by Crippen LogP contribution is -2.38. The van der Waals surface area contributed by atoms with Gasteiger partial charge in [-0.15, -0.1) is 0 Å². The highest BCUT2D eigenvalue weighted by atomic mass is 16.1. The van der Waals surface area contributed by atoms with Crippen LogP contribution in [0, 0.1) is 10.8 Å². The second kappa shape index (κ2) is 3.66. The minimum atomic E-state index is 0.0390. The molecule has 0 fully saturated rings. The highest BCUT2D eigenvalue weighted by molar-refractivity contribution is 5.75. The Labute approximate surface area is 93.1 Å². The van der Waals surface area contributed by atoms with Gasteiger partial charge in [-0.1, -0.05) is 33.3 Å². The molecule has 1 aliphatic rings. The summed E-state index contributed by atoms with van der Waals surface area (Å²) in [6.45, 7) is 12.7. The maximum Gasteiger partial charge on any atom is 0.221 e. The number of rotatable bonds is 1. The topological polar surface area (TPSA) is 29.1 Å². The highest BCUT2D eigenvalue weighted by Gasteiger charge is 2.38. The SMILES string of the molecule is CC(=O)NC1=C(C)CC(C)(C)CC1(C)C. The van der Waals surface area contributed by atoms with Crippen molar-refractivity contribution >= 4 is 5.91 Å². The number of amides is 1. The predicted molar refractivity (Wildman–Crippen MR) is 63.3 cm³/mol. The number of nitrogens with one attached hydrogen (secondary N) is 1. The van der Waals surface area contributed by atoms with Crippen LogP contribution in [-0.4, -0.2) is 5.91 Å². The number of carbonyl (C=O) groups is 1. The Morgan fingerprint density at radius 2 is 1.80 bits per heavy atom. The van der Waals surface area contributed by atoms with Crippen LogP contribution in [-0.2, 0) is 4.79 Å². The van der Waals surface area contributed by atoms with Gasteiger partial charge in [-0.05, 0) is 25.2 Å². The number of hydrogen-bond acceptors (Lipinski definition) is 1. The van der Waals surface area contributed by atoms with Crippen molar-refractivity contribution < 1.29 is 4.79 Å². The normalized spacial score (nSPS) is 23.9. The van der Waals surface area contributed by atoms with Crippen molar-refractivity contribution in [2.75, 3.05) is 0 Å². The molecular weight excluding hydrogens is 186 g/mol. The monoisotopic (exact) mass is 209 g/mol. The molecule has 1 rings (SSSR count). The van der Waals surface area contributed by atoms with Crippen LogP contribution < -0.4 is 5.32 Å². The molecule has 0 saturated carbocycles. The van der Waals surface area contributed by atoms with Crippen molar-refractivity contribution in [3.05, 3.63) is 11.3 Å². The second-order valence-corrected chi connectivity index (χ2v) is 6.24. The first kappa shape index (κ1) is 12.3. The van der Waals surface area contributed by atoms with Crippen LogP contribution in [0.2, 0.25) is 0 Å². The molecule has 0 bridgehead atoms. The summed E-state index contributed by atoms with van der Waals surface area (Å²) in [6.07, 6.45) is 2.19. The molecule has 1 aliphatic carbocycles. The molecule has 15 heavy (non-hydrogen) atoms. The second-order valence-electron chi connectivity index (χ2n) is 6.24. The van der Waals surface area contributed by atoms with Crippen molar-refractivity contribution in [3.8, 4) is 0 Å². The molecule has 0 aliphatic heterocycles. The Bertz CT molecular complexity index is 310. The van der Waals surface area contributed by atoms with Crippen LogP contribution in [0.15, 0.2) is 11.3 Å². The van der Waals surface area contributed by atoms with Crippen LogP contribution >= 0.6 is 0 Å². The standard InChI is InChI=1S/C13H23NO/c1-9-7-12(3,4)8-13(5,6)11(9)14-10(2)15/h7-8H2,1-6H3,(H,14,15). The van der Waals surface area contributed by atoms with E-state index in [1.807, 2.05) is 0 Å². The van der Waals surface area contributed by atoms with Crippen LogP contribution in [0.25, 0.3) is 0 Å². The molecule has 0 atom stereocenters. The average molecular weight is 209 g/mol. The largest absolute Gasteiger partial charge is 0.330 e. The third kappa shape index (κ3) is 2.83. The molecule has 0 heterocycles. The van der Waals surface area contributed by atoms with E-state index < -0.39 is 0 Å². The smallest absolute Gasteiger partial charge is 0.221 e. The molecule has 86 valence electrons. The van der Waals surface area contributed by atoms with Crippen LogP contribution in [0.1, 0.15) is 54.4 Å². The maximum atomic E-state index is 11.2. The first-order chi connectivity index (χ1) is 6.64. The minimum Gasteiger partial charge on any atom is -0.330 e. The average Bonchev–Trinajstić information content (AvgIpc) is 1.93. The van der Waals surface area contributed by atoms with E-state index in [-0.39, 0.29) is 11.3 Å². The predicted octanol–water partition coefficient (Wildman–Crippen LogP) is 3.24. The maximum absolute atomic E-state index is 11.2. The van der Waals surface area contributed by atoms with Crippen LogP contribution in [0.4, 0.5) is 0 Å². The van der Waals surface area contributed by atoms with E-state index in [1.54, 1.807) is 6.92 Å². The number of hydrogen-bond donors (Lipinski definition) is 1. The van der Waals surface area contributed by atoms with Gasteiger partial charge in [0.25, 0.3) is 0 Å². The summed E-state index contributed by atoms with van der Waals surface area (Å²) < 4.78 is 0. The zero-order valence-electron chi connectivity index (χ0n) is 10.8. The van der Waals surface area contributed by atoms with E-state index in [4.69, 9.17) is 0 Å². The third-order valence-corrected chi connectivity index (χ3v) is 3.07. The van der Waals surface area contributed by atoms with Gasteiger partial charge in [0.15, 0.2) is 0 Å². The van der Waals surface area contributed by atoms with E-state index in [0.717, 1.165) is 18.5 Å². The molecule has 2 nitrogen and oxygen atoms in total. The Morgan fingerprint density at radius 3 is 2.20 bits per heavy atom. The first-order valence-corrected chi connectivity index (χ1v) is 5.62. The van der Waals surface area contributed by atoms with Gasteiger partial charge >= 0.3 is 0 Å². The summed E-state index contributed by atoms with van der Waals surface area (Å²) in [6, 6.07) is 0. The van der Waals surface area contributed by atoms with Crippen molar-refractivity contribution in [3.63, 3.8) is 0 Å². The van der Waals surface area contributed by atoms with E-state index in [1.165, 1.54) is 5.57 Å². The lowest BCUT2D eigenvalue weighted by Gasteiger charge is -2.43. The van der Waals surface area contributed by atoms with Crippen LogP contribution in [0.5, 0.6) is 0 Å². The summed E-state index contributed by atoms with van der Waals surface area (Å²) >= 11 is 0. The Morgan fingerprint density at radius 1 is 1.27 bits per heavy atom. The summed E-state index contributed by atoms with van der Waals surface area (Å²) in [5.41, 5.74) is 2.88. The molecule has 0 saturated heterocycles. The summed E-state index contributed by atoms with van der Waals surface area (Å²) in [5.74, 6) is 0.0390. The molecule has 0 aromatic rings. The van der Waals surface area contributed by atoms with Crippen LogP contribution in [0.3, 0.4) is 0 Å². The van der Waals surface area contributed by atoms with Crippen molar-refractivity contribution in [2.45, 2.75) is 54.4 Å². The fourth-order valence-electron chi connectivity index (χ4n) is 3.18. The molecular formula is C13H23NO. The van der Waals surface area contributed by atoms with Gasteiger partial charge in [-0.25, -0.2) is 0 Å². The lowest BCUT2D eigenvalue weighted by molar-refractivity contribution is -0.118. The molecule has 0 radical (unpaired) electrons. The fourth-order valence-corrected chi connectivity index (χ4v) is 3.18. The molecule has 0 spiro atoms. The zero-order chi connectivity index (χ0) is 11.9. The molecule has 2 heteroatoms. The van der Waals surface area contributed by atoms with Gasteiger partial charge in [-0.2, -0.15) is 0 Å². The molecule has 0 aromatic carbocycles. The van der Waals surface area contributed by atoms with Crippen molar-refractivity contribution in [2.24, 2.45) is 10.8 Å². The van der Waals surface area contributed by atoms with Crippen molar-refractivity contribution in [1.82, 2.24) is 5.32 Å². The van der Waals surface area contributed by atoms with E-state index in [9.17, 15) is 4.79 Å². The Hall–Kier alpha value is -0.790. The minimum absolute atomic E-state index is 0.0390. The summed E-state index contributed by atoms with van der Waals surface area (Å²) in [5, 5.41) is 3.00. The van der Waals surface area contributed by atoms with Gasteiger partial charge in [0.2, 0.25) is 5.91 Å². The zero-order valence-corrected chi connectivity index (χ0v) is 10.8. The van der Waals surface area contributed by atoms with E-state index in [2.05, 4.69) is 39.9 Å². The van der Waals surface area contributed by atoms with Gasteiger partial charge in [0.05, 0.1) is 0 Å². The van der Waals surface area contributed by atoms with Crippen molar-refractivity contribution in [1.29, 1.82) is 0 Å². The van der Waals surface area contributed by atoms with Gasteiger partial charge in [-0.3, -0.25) is 4.79 Å². The highest BCUT2D eigenvalue weighted by Crippen LogP contribution is 2.47. The molecule has 0 aromatic heterocycles. The first-order valence-electron chi connectivity index (χ1n) is 5.62. The summed E-state index contributed by atoms with van der Waals surface area (Å²) in [7, 11) is 0. The van der Waals surface area contributed by atoms with Gasteiger partial charge in [0, 0.05) is 18.0 Å². The van der Waals surface area contributed by atoms with E-state index >= 15 is 0 Å². The lowest BCUT2D eigenvalue weighted by atomic mass is 9.65. The van der Waals surface area contributed by atoms with Gasteiger partial charge < -0.3 is 5.32 Å².